The molecule has 1 saturated heterocycles. The minimum Gasteiger partial charge on any atom is -0.381 e. The van der Waals surface area contributed by atoms with Crippen LogP contribution in [0.4, 0.5) is 10.1 Å². The van der Waals surface area contributed by atoms with Crippen molar-refractivity contribution in [3.8, 4) is 0 Å². The van der Waals surface area contributed by atoms with Gasteiger partial charge in [0.05, 0.1) is 5.41 Å². The van der Waals surface area contributed by atoms with E-state index < -0.39 is 17.1 Å². The summed E-state index contributed by atoms with van der Waals surface area (Å²) in [6, 6.07) is 12.7. The summed E-state index contributed by atoms with van der Waals surface area (Å²) in [6.45, 7) is 1.68. The van der Waals surface area contributed by atoms with Crippen molar-refractivity contribution in [2.24, 2.45) is 11.1 Å². The molecule has 0 saturated carbocycles. The highest BCUT2D eigenvalue weighted by Gasteiger charge is 2.38. The SMILES string of the molecule is NCC1(C(=O)NCc2cccc(NC(=O)c3cccc(F)c3)c2)CCOCC1. The normalized spacial score (nSPS) is 15.6. The number of rotatable bonds is 6. The minimum atomic E-state index is -0.582. The molecule has 0 bridgehead atoms. The van der Waals surface area contributed by atoms with Gasteiger partial charge in [-0.1, -0.05) is 18.2 Å². The van der Waals surface area contributed by atoms with E-state index in [-0.39, 0.29) is 18.0 Å². The Morgan fingerprint density at radius 2 is 1.86 bits per heavy atom. The molecule has 0 atom stereocenters. The summed E-state index contributed by atoms with van der Waals surface area (Å²) in [5.41, 5.74) is 6.93. The number of nitrogens with two attached hydrogens (primary N) is 1. The summed E-state index contributed by atoms with van der Waals surface area (Å²) in [7, 11) is 0. The van der Waals surface area contributed by atoms with Crippen LogP contribution in [0.1, 0.15) is 28.8 Å². The van der Waals surface area contributed by atoms with E-state index in [0.29, 0.717) is 38.3 Å². The number of halogens is 1. The maximum Gasteiger partial charge on any atom is 0.255 e. The molecule has 1 fully saturated rings. The molecule has 0 unspecified atom stereocenters. The Hall–Kier alpha value is -2.77. The first-order chi connectivity index (χ1) is 13.5. The van der Waals surface area contributed by atoms with E-state index >= 15 is 0 Å². The number of amides is 2. The highest BCUT2D eigenvalue weighted by Crippen LogP contribution is 2.29. The Labute approximate surface area is 163 Å². The zero-order valence-corrected chi connectivity index (χ0v) is 15.5. The molecule has 0 aliphatic carbocycles. The van der Waals surface area contributed by atoms with Crippen LogP contribution in [-0.2, 0) is 16.1 Å². The molecule has 6 nitrogen and oxygen atoms in total. The van der Waals surface area contributed by atoms with E-state index in [1.54, 1.807) is 24.3 Å². The van der Waals surface area contributed by atoms with Gasteiger partial charge >= 0.3 is 0 Å². The number of anilines is 1. The Balaban J connectivity index is 1.61. The van der Waals surface area contributed by atoms with Gasteiger partial charge in [-0.2, -0.15) is 0 Å². The number of hydrogen-bond acceptors (Lipinski definition) is 4. The molecule has 1 aliphatic rings. The average Bonchev–Trinajstić information content (AvgIpc) is 2.72. The van der Waals surface area contributed by atoms with Crippen LogP contribution >= 0.6 is 0 Å². The van der Waals surface area contributed by atoms with Gasteiger partial charge in [0.25, 0.3) is 5.91 Å². The van der Waals surface area contributed by atoms with Crippen molar-refractivity contribution in [2.75, 3.05) is 25.1 Å². The third-order valence-corrected chi connectivity index (χ3v) is 5.05. The Morgan fingerprint density at radius 3 is 2.57 bits per heavy atom. The summed E-state index contributed by atoms with van der Waals surface area (Å²) >= 11 is 0. The van der Waals surface area contributed by atoms with Crippen molar-refractivity contribution in [3.63, 3.8) is 0 Å². The summed E-state index contributed by atoms with van der Waals surface area (Å²) in [4.78, 5) is 24.9. The molecular weight excluding hydrogens is 361 g/mol. The molecule has 0 radical (unpaired) electrons. The first-order valence-corrected chi connectivity index (χ1v) is 9.24. The van der Waals surface area contributed by atoms with Gasteiger partial charge in [0.15, 0.2) is 0 Å². The fraction of sp³-hybridized carbons (Fsp3) is 0.333. The van der Waals surface area contributed by atoms with Crippen LogP contribution in [0.2, 0.25) is 0 Å². The van der Waals surface area contributed by atoms with Gasteiger partial charge in [-0.15, -0.1) is 0 Å². The Bertz CT molecular complexity index is 850. The van der Waals surface area contributed by atoms with Gasteiger partial charge in [-0.05, 0) is 48.7 Å². The van der Waals surface area contributed by atoms with E-state index in [4.69, 9.17) is 10.5 Å². The van der Waals surface area contributed by atoms with E-state index in [2.05, 4.69) is 10.6 Å². The number of carbonyl (C=O) groups excluding carboxylic acids is 2. The van der Waals surface area contributed by atoms with Crippen LogP contribution < -0.4 is 16.4 Å². The maximum atomic E-state index is 13.3. The summed E-state index contributed by atoms with van der Waals surface area (Å²) in [6.07, 6.45) is 1.22. The lowest BCUT2D eigenvalue weighted by atomic mass is 9.79. The van der Waals surface area contributed by atoms with Crippen LogP contribution in [0.25, 0.3) is 0 Å². The highest BCUT2D eigenvalue weighted by molar-refractivity contribution is 6.04. The lowest BCUT2D eigenvalue weighted by Crippen LogP contribution is -2.48. The molecule has 4 N–H and O–H groups in total. The predicted molar refractivity (Wildman–Crippen MR) is 104 cm³/mol. The van der Waals surface area contributed by atoms with Gasteiger partial charge in [-0.3, -0.25) is 9.59 Å². The van der Waals surface area contributed by atoms with Crippen molar-refractivity contribution >= 4 is 17.5 Å². The van der Waals surface area contributed by atoms with Crippen LogP contribution in [-0.4, -0.2) is 31.6 Å². The van der Waals surface area contributed by atoms with E-state index in [0.717, 1.165) is 5.56 Å². The minimum absolute atomic E-state index is 0.0764. The van der Waals surface area contributed by atoms with Crippen LogP contribution in [0.3, 0.4) is 0 Å². The fourth-order valence-electron chi connectivity index (χ4n) is 3.25. The van der Waals surface area contributed by atoms with Gasteiger partial charge in [0.2, 0.25) is 5.91 Å². The zero-order valence-electron chi connectivity index (χ0n) is 15.5. The second-order valence-electron chi connectivity index (χ2n) is 6.94. The zero-order chi connectivity index (χ0) is 20.0. The van der Waals surface area contributed by atoms with Gasteiger partial charge in [-0.25, -0.2) is 4.39 Å². The molecule has 0 spiro atoms. The largest absolute Gasteiger partial charge is 0.381 e. The summed E-state index contributed by atoms with van der Waals surface area (Å²) < 4.78 is 18.6. The molecule has 7 heteroatoms. The van der Waals surface area contributed by atoms with Crippen LogP contribution in [0.5, 0.6) is 0 Å². The quantitative estimate of drug-likeness (QED) is 0.712. The standard InChI is InChI=1S/C21H24FN3O3/c22-17-5-2-4-16(12-17)19(26)25-18-6-1-3-15(11-18)13-24-20(27)21(14-23)7-9-28-10-8-21/h1-6,11-12H,7-10,13-14,23H2,(H,24,27)(H,25,26). The predicted octanol–water partition coefficient (Wildman–Crippen LogP) is 2.45. The van der Waals surface area contributed by atoms with Crippen LogP contribution in [0, 0.1) is 11.2 Å². The third-order valence-electron chi connectivity index (χ3n) is 5.05. The third kappa shape index (κ3) is 4.74. The molecule has 148 valence electrons. The molecular formula is C21H24FN3O3. The second kappa shape index (κ2) is 8.95. The van der Waals surface area contributed by atoms with E-state index in [9.17, 15) is 14.0 Å². The molecule has 0 aromatic heterocycles. The summed E-state index contributed by atoms with van der Waals surface area (Å²) in [5.74, 6) is -0.941. The molecule has 2 aromatic carbocycles. The first-order valence-electron chi connectivity index (χ1n) is 9.24. The molecule has 2 amide bonds. The molecule has 2 aromatic rings. The number of nitrogens with one attached hydrogen (secondary N) is 2. The van der Waals surface area contributed by atoms with Crippen molar-refractivity contribution < 1.29 is 18.7 Å². The lowest BCUT2D eigenvalue weighted by Gasteiger charge is -2.34. The van der Waals surface area contributed by atoms with Gasteiger partial charge in [0, 0.05) is 37.6 Å². The van der Waals surface area contributed by atoms with Crippen molar-refractivity contribution in [2.45, 2.75) is 19.4 Å². The number of benzene rings is 2. The molecule has 1 heterocycles. The maximum absolute atomic E-state index is 13.3. The highest BCUT2D eigenvalue weighted by atomic mass is 19.1. The van der Waals surface area contributed by atoms with Gasteiger partial charge < -0.3 is 21.1 Å². The van der Waals surface area contributed by atoms with Crippen LogP contribution in [0.15, 0.2) is 48.5 Å². The molecule has 3 rings (SSSR count). The average molecular weight is 385 g/mol. The topological polar surface area (TPSA) is 93.5 Å². The molecule has 28 heavy (non-hydrogen) atoms. The lowest BCUT2D eigenvalue weighted by molar-refractivity contribution is -0.136. The second-order valence-corrected chi connectivity index (χ2v) is 6.94. The van der Waals surface area contributed by atoms with Crippen molar-refractivity contribution in [1.82, 2.24) is 5.32 Å². The first kappa shape index (κ1) is 20.0. The monoisotopic (exact) mass is 385 g/mol. The smallest absolute Gasteiger partial charge is 0.255 e. The fourth-order valence-corrected chi connectivity index (χ4v) is 3.25. The summed E-state index contributed by atoms with van der Waals surface area (Å²) in [5, 5.41) is 5.68. The van der Waals surface area contributed by atoms with Crippen molar-refractivity contribution in [1.29, 1.82) is 0 Å². The molecule has 1 aliphatic heterocycles. The Morgan fingerprint density at radius 1 is 1.11 bits per heavy atom. The number of carbonyl (C=O) groups is 2. The van der Waals surface area contributed by atoms with E-state index in [1.807, 2.05) is 6.07 Å². The number of hydrogen-bond donors (Lipinski definition) is 3. The Kier molecular flexibility index (Phi) is 6.38. The van der Waals surface area contributed by atoms with Crippen molar-refractivity contribution in [3.05, 3.63) is 65.5 Å². The number of ether oxygens (including phenoxy) is 1. The van der Waals surface area contributed by atoms with E-state index in [1.165, 1.54) is 18.2 Å². The van der Waals surface area contributed by atoms with Gasteiger partial charge in [0.1, 0.15) is 5.82 Å².